The van der Waals surface area contributed by atoms with E-state index in [1.54, 1.807) is 19.2 Å². The van der Waals surface area contributed by atoms with E-state index in [9.17, 15) is 4.79 Å². The summed E-state index contributed by atoms with van der Waals surface area (Å²) in [6, 6.07) is 5.32. The van der Waals surface area contributed by atoms with Crippen LogP contribution in [0.3, 0.4) is 0 Å². The zero-order valence-corrected chi connectivity index (χ0v) is 16.6. The molecule has 4 saturated carbocycles. The van der Waals surface area contributed by atoms with Gasteiger partial charge in [-0.2, -0.15) is 0 Å². The van der Waals surface area contributed by atoms with E-state index < -0.39 is 0 Å². The fourth-order valence-corrected chi connectivity index (χ4v) is 6.41. The Hall–Kier alpha value is -1.33. The highest BCUT2D eigenvalue weighted by atomic mass is 35.5. The normalized spacial score (nSPS) is 31.5. The van der Waals surface area contributed by atoms with Crippen LogP contribution in [-0.4, -0.2) is 18.1 Å². The van der Waals surface area contributed by atoms with Crippen molar-refractivity contribution in [2.75, 3.05) is 12.4 Å². The summed E-state index contributed by atoms with van der Waals surface area (Å²) < 4.78 is 5.14. The maximum absolute atomic E-state index is 12.6. The predicted octanol–water partition coefficient (Wildman–Crippen LogP) is 4.77. The standard InChI is InChI=1S/C20H25ClN2O2S/c1-25-17-3-2-15(7-16(17)21)22-19(26)23-18(24)11-20-8-12-4-13(9-20)6-14(5-12)10-20/h2-3,7,12-14H,4-6,8-11H2,1H3,(H2,22,23,24,26). The molecule has 0 saturated heterocycles. The minimum atomic E-state index is 0.0315. The lowest BCUT2D eigenvalue weighted by atomic mass is 9.49. The summed E-state index contributed by atoms with van der Waals surface area (Å²) in [6.07, 6.45) is 8.43. The molecule has 2 N–H and O–H groups in total. The summed E-state index contributed by atoms with van der Waals surface area (Å²) in [5.41, 5.74) is 0.952. The van der Waals surface area contributed by atoms with Crippen molar-refractivity contribution in [3.8, 4) is 5.75 Å². The third-order valence-corrected chi connectivity index (χ3v) is 6.86. The molecule has 0 unspecified atom stereocenters. The minimum Gasteiger partial charge on any atom is -0.495 e. The summed E-state index contributed by atoms with van der Waals surface area (Å²) in [5, 5.41) is 6.71. The van der Waals surface area contributed by atoms with Crippen molar-refractivity contribution in [2.45, 2.75) is 44.9 Å². The molecule has 1 amide bonds. The van der Waals surface area contributed by atoms with Crippen molar-refractivity contribution < 1.29 is 9.53 Å². The Labute approximate surface area is 165 Å². The number of anilines is 1. The summed E-state index contributed by atoms with van der Waals surface area (Å²) in [4.78, 5) is 12.6. The van der Waals surface area contributed by atoms with Crippen LogP contribution in [0.4, 0.5) is 5.69 Å². The Kier molecular flexibility index (Phi) is 4.86. The Morgan fingerprint density at radius 3 is 2.38 bits per heavy atom. The molecule has 5 rings (SSSR count). The number of carbonyl (C=O) groups is 1. The van der Waals surface area contributed by atoms with E-state index in [-0.39, 0.29) is 11.3 Å². The first-order chi connectivity index (χ1) is 12.4. The highest BCUT2D eigenvalue weighted by Gasteiger charge is 2.51. The number of carbonyl (C=O) groups excluding carboxylic acids is 1. The van der Waals surface area contributed by atoms with Gasteiger partial charge in [0, 0.05) is 12.1 Å². The Morgan fingerprint density at radius 2 is 1.85 bits per heavy atom. The number of ether oxygens (including phenoxy) is 1. The lowest BCUT2D eigenvalue weighted by Gasteiger charge is -2.56. The molecule has 0 atom stereocenters. The number of nitrogens with one attached hydrogen (secondary N) is 2. The number of hydrogen-bond acceptors (Lipinski definition) is 3. The van der Waals surface area contributed by atoms with Crippen LogP contribution in [-0.2, 0) is 4.79 Å². The molecule has 1 aromatic rings. The van der Waals surface area contributed by atoms with Crippen LogP contribution in [0.1, 0.15) is 44.9 Å². The molecule has 0 heterocycles. The van der Waals surface area contributed by atoms with Gasteiger partial charge in [0.25, 0.3) is 0 Å². The third-order valence-electron chi connectivity index (χ3n) is 6.36. The number of thiocarbonyl (C=S) groups is 1. The van der Waals surface area contributed by atoms with Crippen LogP contribution in [0, 0.1) is 23.2 Å². The molecule has 4 fully saturated rings. The average molecular weight is 393 g/mol. The zero-order valence-electron chi connectivity index (χ0n) is 15.0. The van der Waals surface area contributed by atoms with E-state index >= 15 is 0 Å². The van der Waals surface area contributed by atoms with Crippen LogP contribution in [0.2, 0.25) is 5.02 Å². The van der Waals surface area contributed by atoms with Gasteiger partial charge in [0.15, 0.2) is 5.11 Å². The van der Waals surface area contributed by atoms with Crippen molar-refractivity contribution in [1.82, 2.24) is 5.32 Å². The molecule has 1 aromatic carbocycles. The highest BCUT2D eigenvalue weighted by molar-refractivity contribution is 7.80. The molecule has 26 heavy (non-hydrogen) atoms. The van der Waals surface area contributed by atoms with Gasteiger partial charge < -0.3 is 15.4 Å². The first-order valence-corrected chi connectivity index (χ1v) is 10.2. The van der Waals surface area contributed by atoms with Crippen LogP contribution in [0.25, 0.3) is 0 Å². The van der Waals surface area contributed by atoms with Gasteiger partial charge >= 0.3 is 0 Å². The second-order valence-corrected chi connectivity index (χ2v) is 9.26. The molecular weight excluding hydrogens is 368 g/mol. The van der Waals surface area contributed by atoms with Gasteiger partial charge in [-0.05, 0) is 92.1 Å². The van der Waals surface area contributed by atoms with Crippen molar-refractivity contribution in [1.29, 1.82) is 0 Å². The SMILES string of the molecule is COc1ccc(NC(=S)NC(=O)CC23CC4CC(CC(C4)C2)C3)cc1Cl. The summed E-state index contributed by atoms with van der Waals surface area (Å²) in [7, 11) is 1.57. The maximum atomic E-state index is 12.6. The summed E-state index contributed by atoms with van der Waals surface area (Å²) in [6.45, 7) is 0. The molecule has 0 aliphatic heterocycles. The Morgan fingerprint density at radius 1 is 1.23 bits per heavy atom. The minimum absolute atomic E-state index is 0.0315. The molecule has 4 aliphatic rings. The van der Waals surface area contributed by atoms with Gasteiger partial charge in [0.2, 0.25) is 5.91 Å². The lowest BCUT2D eigenvalue weighted by molar-refractivity contribution is -0.127. The van der Waals surface area contributed by atoms with Crippen molar-refractivity contribution in [2.24, 2.45) is 23.2 Å². The number of rotatable bonds is 4. The van der Waals surface area contributed by atoms with Crippen molar-refractivity contribution in [3.05, 3.63) is 23.2 Å². The van der Waals surface area contributed by atoms with E-state index in [0.717, 1.165) is 23.4 Å². The Bertz CT molecular complexity index is 701. The smallest absolute Gasteiger partial charge is 0.226 e. The quantitative estimate of drug-likeness (QED) is 0.725. The topological polar surface area (TPSA) is 50.4 Å². The number of hydrogen-bond donors (Lipinski definition) is 2. The highest BCUT2D eigenvalue weighted by Crippen LogP contribution is 2.61. The molecule has 4 bridgehead atoms. The van der Waals surface area contributed by atoms with Gasteiger partial charge in [-0.3, -0.25) is 4.79 Å². The molecule has 0 aromatic heterocycles. The predicted molar refractivity (Wildman–Crippen MR) is 108 cm³/mol. The van der Waals surface area contributed by atoms with E-state index in [1.165, 1.54) is 38.5 Å². The van der Waals surface area contributed by atoms with Crippen molar-refractivity contribution in [3.63, 3.8) is 0 Å². The first kappa shape index (κ1) is 18.1. The lowest BCUT2D eigenvalue weighted by Crippen LogP contribution is -2.48. The number of benzene rings is 1. The zero-order chi connectivity index (χ0) is 18.3. The van der Waals surface area contributed by atoms with Gasteiger partial charge in [-0.15, -0.1) is 0 Å². The number of amides is 1. The van der Waals surface area contributed by atoms with E-state index in [4.69, 9.17) is 28.6 Å². The van der Waals surface area contributed by atoms with E-state index in [2.05, 4.69) is 10.6 Å². The van der Waals surface area contributed by atoms with Gasteiger partial charge in [0.05, 0.1) is 12.1 Å². The van der Waals surface area contributed by atoms with Crippen LogP contribution >= 0.6 is 23.8 Å². The Balaban J connectivity index is 1.33. The summed E-state index contributed by atoms with van der Waals surface area (Å²) in [5.74, 6) is 3.18. The second kappa shape index (κ2) is 7.01. The molecule has 0 radical (unpaired) electrons. The molecule has 4 nitrogen and oxygen atoms in total. The molecule has 4 aliphatic carbocycles. The van der Waals surface area contributed by atoms with Crippen LogP contribution < -0.4 is 15.4 Å². The number of halogens is 1. The fourth-order valence-electron chi connectivity index (χ4n) is 5.92. The molecular formula is C20H25ClN2O2S. The fraction of sp³-hybridized carbons (Fsp3) is 0.600. The monoisotopic (exact) mass is 392 g/mol. The van der Waals surface area contributed by atoms with E-state index in [1.807, 2.05) is 6.07 Å². The molecule has 140 valence electrons. The second-order valence-electron chi connectivity index (χ2n) is 8.45. The third kappa shape index (κ3) is 3.70. The molecule has 6 heteroatoms. The van der Waals surface area contributed by atoms with Gasteiger partial charge in [0.1, 0.15) is 5.75 Å². The van der Waals surface area contributed by atoms with Crippen LogP contribution in [0.15, 0.2) is 18.2 Å². The maximum Gasteiger partial charge on any atom is 0.226 e. The van der Waals surface area contributed by atoms with Gasteiger partial charge in [-0.25, -0.2) is 0 Å². The van der Waals surface area contributed by atoms with E-state index in [0.29, 0.717) is 22.3 Å². The van der Waals surface area contributed by atoms with Crippen molar-refractivity contribution >= 4 is 40.5 Å². The average Bonchev–Trinajstić information content (AvgIpc) is 2.52. The molecule has 0 spiro atoms. The largest absolute Gasteiger partial charge is 0.495 e. The summed E-state index contributed by atoms with van der Waals surface area (Å²) >= 11 is 11.4. The first-order valence-electron chi connectivity index (χ1n) is 9.39. The van der Waals surface area contributed by atoms with Crippen LogP contribution in [0.5, 0.6) is 5.75 Å². The number of methoxy groups -OCH3 is 1. The van der Waals surface area contributed by atoms with Gasteiger partial charge in [-0.1, -0.05) is 11.6 Å².